The van der Waals surface area contributed by atoms with Gasteiger partial charge in [0.2, 0.25) is 11.5 Å². The summed E-state index contributed by atoms with van der Waals surface area (Å²) in [5, 5.41) is 2.92. The third kappa shape index (κ3) is 3.68. The Balaban J connectivity index is 2.23. The van der Waals surface area contributed by atoms with E-state index in [9.17, 15) is 9.59 Å². The lowest BCUT2D eigenvalue weighted by Crippen LogP contribution is -2.43. The average Bonchev–Trinajstić information content (AvgIpc) is 2.66. The topological polar surface area (TPSA) is 103 Å². The summed E-state index contributed by atoms with van der Waals surface area (Å²) in [7, 11) is 1.53. The van der Waals surface area contributed by atoms with Crippen LogP contribution in [0.4, 0.5) is 5.82 Å². The summed E-state index contributed by atoms with van der Waals surface area (Å²) < 4.78 is 8.82. The van der Waals surface area contributed by atoms with Crippen LogP contribution >= 0.6 is 0 Å². The van der Waals surface area contributed by atoms with E-state index in [1.54, 1.807) is 16.8 Å². The lowest BCUT2D eigenvalue weighted by atomic mass is 10.1. The summed E-state index contributed by atoms with van der Waals surface area (Å²) >= 11 is 0. The number of aromatic nitrogens is 3. The predicted molar refractivity (Wildman–Crippen MR) is 107 cm³/mol. The van der Waals surface area contributed by atoms with E-state index < -0.39 is 0 Å². The number of ether oxygens (including phenoxy) is 1. The Labute approximate surface area is 163 Å². The van der Waals surface area contributed by atoms with Gasteiger partial charge in [-0.25, -0.2) is 4.57 Å². The number of pyridine rings is 2. The Bertz CT molecular complexity index is 1100. The third-order valence-electron chi connectivity index (χ3n) is 4.55. The number of amides is 1. The zero-order valence-electron chi connectivity index (χ0n) is 16.7. The van der Waals surface area contributed by atoms with E-state index in [0.717, 1.165) is 5.56 Å². The standard InChI is InChI=1S/C20H25N5O3/c1-12(2)28-9-5-8-24-17(21)14(19(26)22-4)10-15-18(24)23-16-7-6-13(3)11-25(16)20(15)27/h6-7,10-12,21H,5,8-9H2,1-4H3,(H,22,26)/p+1. The van der Waals surface area contributed by atoms with Gasteiger partial charge >= 0.3 is 0 Å². The molecule has 0 fully saturated rings. The highest BCUT2D eigenvalue weighted by atomic mass is 16.5. The van der Waals surface area contributed by atoms with Crippen LogP contribution in [0.1, 0.15) is 36.2 Å². The van der Waals surface area contributed by atoms with Gasteiger partial charge in [0, 0.05) is 26.3 Å². The fourth-order valence-corrected chi connectivity index (χ4v) is 3.14. The Hall–Kier alpha value is -3.00. The van der Waals surface area contributed by atoms with E-state index in [4.69, 9.17) is 10.5 Å². The highest BCUT2D eigenvalue weighted by molar-refractivity contribution is 6.00. The summed E-state index contributed by atoms with van der Waals surface area (Å²) in [4.78, 5) is 30.1. The van der Waals surface area contributed by atoms with Gasteiger partial charge in [-0.05, 0) is 38.5 Å². The number of fused-ring (bicyclic) bond motifs is 2. The molecule has 8 heteroatoms. The fourth-order valence-electron chi connectivity index (χ4n) is 3.14. The van der Waals surface area contributed by atoms with Gasteiger partial charge in [0.1, 0.15) is 10.9 Å². The molecule has 0 saturated heterocycles. The van der Waals surface area contributed by atoms with Crippen molar-refractivity contribution in [1.82, 2.24) is 14.7 Å². The monoisotopic (exact) mass is 384 g/mol. The second kappa shape index (κ2) is 7.93. The molecule has 0 aliphatic carbocycles. The molecule has 3 heterocycles. The van der Waals surface area contributed by atoms with Crippen molar-refractivity contribution in [2.45, 2.75) is 39.8 Å². The number of anilines is 1. The molecule has 0 spiro atoms. The number of nitrogen functional groups attached to an aromatic ring is 1. The summed E-state index contributed by atoms with van der Waals surface area (Å²) in [5.41, 5.74) is 8.25. The number of hydrogen-bond acceptors (Lipinski definition) is 5. The second-order valence-electron chi connectivity index (χ2n) is 7.04. The van der Waals surface area contributed by atoms with Crippen LogP contribution in [0.5, 0.6) is 0 Å². The van der Waals surface area contributed by atoms with Gasteiger partial charge in [-0.3, -0.25) is 14.0 Å². The van der Waals surface area contributed by atoms with Gasteiger partial charge in [0.25, 0.3) is 17.1 Å². The number of nitrogens with two attached hydrogens (primary N) is 1. The summed E-state index contributed by atoms with van der Waals surface area (Å²) in [6.07, 6.45) is 2.54. The molecule has 8 nitrogen and oxygen atoms in total. The Kier molecular flexibility index (Phi) is 5.60. The largest absolute Gasteiger partial charge is 0.379 e. The van der Waals surface area contributed by atoms with Crippen molar-refractivity contribution in [3.05, 3.63) is 45.9 Å². The van der Waals surface area contributed by atoms with Crippen LogP contribution in [0.2, 0.25) is 0 Å². The lowest BCUT2D eigenvalue weighted by molar-refractivity contribution is -0.659. The summed E-state index contributed by atoms with van der Waals surface area (Å²) in [6.45, 7) is 6.87. The zero-order valence-corrected chi connectivity index (χ0v) is 16.7. The first-order chi connectivity index (χ1) is 13.3. The number of nitrogens with zero attached hydrogens (tertiary/aromatic N) is 3. The van der Waals surface area contributed by atoms with Crippen LogP contribution in [0.25, 0.3) is 16.7 Å². The van der Waals surface area contributed by atoms with Crippen molar-refractivity contribution in [3.63, 3.8) is 0 Å². The molecule has 3 aromatic heterocycles. The average molecular weight is 384 g/mol. The number of rotatable bonds is 6. The van der Waals surface area contributed by atoms with Gasteiger partial charge in [-0.15, -0.1) is 0 Å². The molecule has 3 N–H and O–H groups in total. The van der Waals surface area contributed by atoms with Crippen LogP contribution in [-0.2, 0) is 11.3 Å². The quantitative estimate of drug-likeness (QED) is 0.378. The minimum absolute atomic E-state index is 0.131. The molecule has 0 saturated carbocycles. The van der Waals surface area contributed by atoms with Crippen LogP contribution in [0.3, 0.4) is 0 Å². The molecule has 0 aromatic carbocycles. The van der Waals surface area contributed by atoms with Crippen molar-refractivity contribution in [3.8, 4) is 0 Å². The van der Waals surface area contributed by atoms with Crippen LogP contribution < -0.4 is 21.2 Å². The molecule has 0 bridgehead atoms. The van der Waals surface area contributed by atoms with Crippen LogP contribution in [0, 0.1) is 6.92 Å². The van der Waals surface area contributed by atoms with E-state index in [1.807, 2.05) is 26.8 Å². The van der Waals surface area contributed by atoms with Gasteiger partial charge in [-0.1, -0.05) is 11.1 Å². The second-order valence-corrected chi connectivity index (χ2v) is 7.04. The maximum atomic E-state index is 13.1. The molecule has 0 aliphatic rings. The number of nitrogens with one attached hydrogen (secondary N) is 1. The highest BCUT2D eigenvalue weighted by Crippen LogP contribution is 2.15. The summed E-state index contributed by atoms with van der Waals surface area (Å²) in [6, 6.07) is 5.22. The minimum atomic E-state index is -0.347. The number of carbonyl (C=O) groups excluding carboxylic acids is 1. The number of hydrogen-bond donors (Lipinski definition) is 2. The lowest BCUT2D eigenvalue weighted by Gasteiger charge is -2.12. The van der Waals surface area contributed by atoms with E-state index in [1.165, 1.54) is 17.5 Å². The van der Waals surface area contributed by atoms with Gasteiger partial charge in [0.05, 0.1) is 12.6 Å². The molecule has 0 aliphatic heterocycles. The molecular formula is C20H26N5O3+. The molecule has 3 rings (SSSR count). The van der Waals surface area contributed by atoms with E-state index in [0.29, 0.717) is 36.3 Å². The molecule has 3 aromatic rings. The zero-order chi connectivity index (χ0) is 20.4. The minimum Gasteiger partial charge on any atom is -0.379 e. The van der Waals surface area contributed by atoms with Crippen molar-refractivity contribution < 1.29 is 14.1 Å². The molecule has 0 unspecified atom stereocenters. The van der Waals surface area contributed by atoms with Gasteiger partial charge in [0.15, 0.2) is 0 Å². The molecule has 0 radical (unpaired) electrons. The predicted octanol–water partition coefficient (Wildman–Crippen LogP) is 1.20. The first-order valence-electron chi connectivity index (χ1n) is 9.32. The first kappa shape index (κ1) is 19.8. The number of aryl methyl sites for hydroxylation is 2. The van der Waals surface area contributed by atoms with E-state index in [-0.39, 0.29) is 29.0 Å². The normalized spacial score (nSPS) is 11.5. The molecule has 28 heavy (non-hydrogen) atoms. The summed E-state index contributed by atoms with van der Waals surface area (Å²) in [5.74, 6) is -0.0694. The van der Waals surface area contributed by atoms with Crippen molar-refractivity contribution in [1.29, 1.82) is 0 Å². The third-order valence-corrected chi connectivity index (χ3v) is 4.55. The number of carbonyl (C=O) groups is 1. The Morgan fingerprint density at radius 1 is 1.39 bits per heavy atom. The molecular weight excluding hydrogens is 358 g/mol. The highest BCUT2D eigenvalue weighted by Gasteiger charge is 2.23. The van der Waals surface area contributed by atoms with Crippen molar-refractivity contribution in [2.75, 3.05) is 19.4 Å². The molecule has 1 amide bonds. The van der Waals surface area contributed by atoms with Crippen LogP contribution in [0.15, 0.2) is 29.2 Å². The maximum absolute atomic E-state index is 13.1. The van der Waals surface area contributed by atoms with Crippen LogP contribution in [-0.4, -0.2) is 35.1 Å². The smallest absolute Gasteiger partial charge is 0.278 e. The molecule has 0 atom stereocenters. The fraction of sp³-hybridized carbons (Fsp3) is 0.400. The molecule has 148 valence electrons. The Morgan fingerprint density at radius 3 is 2.82 bits per heavy atom. The maximum Gasteiger partial charge on any atom is 0.278 e. The van der Waals surface area contributed by atoms with Crippen molar-refractivity contribution >= 4 is 28.4 Å². The van der Waals surface area contributed by atoms with E-state index >= 15 is 0 Å². The van der Waals surface area contributed by atoms with Gasteiger partial charge in [-0.2, -0.15) is 0 Å². The Morgan fingerprint density at radius 2 is 2.14 bits per heavy atom. The van der Waals surface area contributed by atoms with Crippen molar-refractivity contribution in [2.24, 2.45) is 0 Å². The first-order valence-corrected chi connectivity index (χ1v) is 9.32. The SMILES string of the molecule is CNC(=O)c1cc2c(=O)n3cc(C)ccc3nc2[n+](CCCOC(C)C)c1N. The van der Waals surface area contributed by atoms with Gasteiger partial charge < -0.3 is 15.8 Å². The van der Waals surface area contributed by atoms with E-state index in [2.05, 4.69) is 10.3 Å².